The van der Waals surface area contributed by atoms with Crippen LogP contribution in [0, 0.1) is 0 Å². The molecular weight excluding hydrogens is 250 g/mol. The Kier molecular flexibility index (Phi) is 2.36. The van der Waals surface area contributed by atoms with Gasteiger partial charge in [-0.1, -0.05) is 12.1 Å². The lowest BCUT2D eigenvalue weighted by atomic mass is 9.77. The standard InChI is InChI=1S/C17H17NO2/c1-18-16-9-11-7-13(20)3-5-15(11)17(18)8-10-6-12(19)2-4-14(10)16/h2-7,16-17,19-20H,8-9H2,1H3. The van der Waals surface area contributed by atoms with E-state index in [9.17, 15) is 10.2 Å². The number of hydrogen-bond acceptors (Lipinski definition) is 3. The van der Waals surface area contributed by atoms with Crippen LogP contribution >= 0.6 is 0 Å². The van der Waals surface area contributed by atoms with Crippen molar-refractivity contribution in [3.8, 4) is 11.5 Å². The number of fused-ring (bicyclic) bond motifs is 6. The Bertz CT molecular complexity index is 636. The molecule has 102 valence electrons. The van der Waals surface area contributed by atoms with Gasteiger partial charge in [-0.05, 0) is 66.4 Å². The first-order chi connectivity index (χ1) is 9.63. The van der Waals surface area contributed by atoms with Gasteiger partial charge in [-0.25, -0.2) is 0 Å². The normalized spacial score (nSPS) is 24.1. The zero-order valence-corrected chi connectivity index (χ0v) is 11.4. The maximum absolute atomic E-state index is 9.70. The molecule has 0 saturated heterocycles. The molecule has 0 saturated carbocycles. The lowest BCUT2D eigenvalue weighted by Crippen LogP contribution is -2.40. The minimum Gasteiger partial charge on any atom is -0.508 e. The van der Waals surface area contributed by atoms with Gasteiger partial charge in [0.2, 0.25) is 0 Å². The second-order valence-corrected chi connectivity index (χ2v) is 5.87. The van der Waals surface area contributed by atoms with Crippen LogP contribution in [0.4, 0.5) is 0 Å². The SMILES string of the molecule is CN1C2Cc3cc(O)ccc3C1Cc1cc(O)ccc12. The molecule has 0 spiro atoms. The van der Waals surface area contributed by atoms with Crippen molar-refractivity contribution in [1.29, 1.82) is 0 Å². The van der Waals surface area contributed by atoms with E-state index in [0.29, 0.717) is 23.6 Å². The van der Waals surface area contributed by atoms with Crippen molar-refractivity contribution in [2.75, 3.05) is 7.05 Å². The molecule has 2 bridgehead atoms. The Morgan fingerprint density at radius 3 is 1.75 bits per heavy atom. The van der Waals surface area contributed by atoms with Gasteiger partial charge >= 0.3 is 0 Å². The third kappa shape index (κ3) is 1.56. The molecule has 3 heteroatoms. The quantitative estimate of drug-likeness (QED) is 0.771. The summed E-state index contributed by atoms with van der Waals surface area (Å²) in [6.07, 6.45) is 1.82. The summed E-state index contributed by atoms with van der Waals surface area (Å²) in [5.41, 5.74) is 5.10. The molecule has 20 heavy (non-hydrogen) atoms. The van der Waals surface area contributed by atoms with Gasteiger partial charge in [0.1, 0.15) is 11.5 Å². The van der Waals surface area contributed by atoms with Crippen LogP contribution in [0.5, 0.6) is 11.5 Å². The van der Waals surface area contributed by atoms with E-state index in [1.54, 1.807) is 12.1 Å². The summed E-state index contributed by atoms with van der Waals surface area (Å²) in [5, 5.41) is 19.4. The number of hydrogen-bond donors (Lipinski definition) is 2. The van der Waals surface area contributed by atoms with Gasteiger partial charge in [0.05, 0.1) is 0 Å². The highest BCUT2D eigenvalue weighted by molar-refractivity contribution is 5.47. The molecule has 3 nitrogen and oxygen atoms in total. The molecule has 4 rings (SSSR count). The molecule has 2 unspecified atom stereocenters. The lowest BCUT2D eigenvalue weighted by Gasteiger charge is -2.46. The second-order valence-electron chi connectivity index (χ2n) is 5.87. The smallest absolute Gasteiger partial charge is 0.115 e. The third-order valence-electron chi connectivity index (χ3n) is 4.78. The molecule has 2 aliphatic heterocycles. The van der Waals surface area contributed by atoms with Crippen LogP contribution in [0.15, 0.2) is 36.4 Å². The largest absolute Gasteiger partial charge is 0.508 e. The molecule has 2 N–H and O–H groups in total. The van der Waals surface area contributed by atoms with E-state index in [2.05, 4.69) is 11.9 Å². The zero-order chi connectivity index (χ0) is 13.9. The molecule has 2 atom stereocenters. The molecule has 0 fully saturated rings. The van der Waals surface area contributed by atoms with E-state index in [1.807, 2.05) is 24.3 Å². The maximum Gasteiger partial charge on any atom is 0.115 e. The predicted molar refractivity (Wildman–Crippen MR) is 76.9 cm³/mol. The predicted octanol–water partition coefficient (Wildman–Crippen LogP) is 2.92. The topological polar surface area (TPSA) is 43.7 Å². The van der Waals surface area contributed by atoms with E-state index in [1.165, 1.54) is 22.3 Å². The van der Waals surface area contributed by atoms with Crippen LogP contribution < -0.4 is 0 Å². The van der Waals surface area contributed by atoms with Crippen molar-refractivity contribution < 1.29 is 10.2 Å². The molecule has 2 aliphatic rings. The van der Waals surface area contributed by atoms with Crippen molar-refractivity contribution in [1.82, 2.24) is 4.90 Å². The van der Waals surface area contributed by atoms with Crippen LogP contribution in [0.3, 0.4) is 0 Å². The average molecular weight is 267 g/mol. The zero-order valence-electron chi connectivity index (χ0n) is 11.4. The van der Waals surface area contributed by atoms with E-state index >= 15 is 0 Å². The lowest BCUT2D eigenvalue weighted by molar-refractivity contribution is 0.138. The number of phenolic OH excluding ortho intramolecular Hbond substituents is 2. The highest BCUT2D eigenvalue weighted by atomic mass is 16.3. The fourth-order valence-corrected chi connectivity index (χ4v) is 3.77. The van der Waals surface area contributed by atoms with E-state index in [-0.39, 0.29) is 0 Å². The molecule has 0 radical (unpaired) electrons. The number of nitrogens with zero attached hydrogens (tertiary/aromatic N) is 1. The molecule has 2 heterocycles. The minimum atomic E-state index is 0.332. The molecule has 0 aliphatic carbocycles. The first kappa shape index (κ1) is 11.8. The summed E-state index contributed by atoms with van der Waals surface area (Å²) < 4.78 is 0. The van der Waals surface area contributed by atoms with Crippen LogP contribution in [-0.4, -0.2) is 22.2 Å². The Labute approximate surface area is 118 Å². The van der Waals surface area contributed by atoms with Crippen molar-refractivity contribution in [2.24, 2.45) is 0 Å². The minimum absolute atomic E-state index is 0.332. The van der Waals surface area contributed by atoms with Crippen molar-refractivity contribution in [3.05, 3.63) is 58.7 Å². The number of phenols is 2. The van der Waals surface area contributed by atoms with Gasteiger partial charge in [-0.15, -0.1) is 0 Å². The van der Waals surface area contributed by atoms with Gasteiger partial charge in [-0.2, -0.15) is 0 Å². The maximum atomic E-state index is 9.70. The first-order valence-corrected chi connectivity index (χ1v) is 6.99. The molecular formula is C17H17NO2. The number of benzene rings is 2. The van der Waals surface area contributed by atoms with Crippen LogP contribution in [-0.2, 0) is 12.8 Å². The Hall–Kier alpha value is -2.00. The molecule has 0 amide bonds. The summed E-state index contributed by atoms with van der Waals surface area (Å²) in [6, 6.07) is 12.1. The van der Waals surface area contributed by atoms with Gasteiger partial charge < -0.3 is 10.2 Å². The monoisotopic (exact) mass is 267 g/mol. The summed E-state index contributed by atoms with van der Waals surface area (Å²) in [7, 11) is 2.17. The Morgan fingerprint density at radius 2 is 1.30 bits per heavy atom. The van der Waals surface area contributed by atoms with Crippen molar-refractivity contribution in [3.63, 3.8) is 0 Å². The van der Waals surface area contributed by atoms with Crippen LogP contribution in [0.2, 0.25) is 0 Å². The van der Waals surface area contributed by atoms with Gasteiger partial charge in [0, 0.05) is 12.1 Å². The van der Waals surface area contributed by atoms with E-state index in [0.717, 1.165) is 12.8 Å². The second kappa shape index (κ2) is 4.00. The highest BCUT2D eigenvalue weighted by Gasteiger charge is 2.38. The third-order valence-corrected chi connectivity index (χ3v) is 4.78. The molecule has 2 aromatic carbocycles. The molecule has 0 aromatic heterocycles. The first-order valence-electron chi connectivity index (χ1n) is 6.99. The Balaban J connectivity index is 1.88. The number of aromatic hydroxyl groups is 2. The van der Waals surface area contributed by atoms with E-state index in [4.69, 9.17) is 0 Å². The van der Waals surface area contributed by atoms with Gasteiger partial charge in [0.15, 0.2) is 0 Å². The average Bonchev–Trinajstić information content (AvgIpc) is 2.40. The highest BCUT2D eigenvalue weighted by Crippen LogP contribution is 2.47. The fourth-order valence-electron chi connectivity index (χ4n) is 3.77. The van der Waals surface area contributed by atoms with Gasteiger partial charge in [-0.3, -0.25) is 4.90 Å². The van der Waals surface area contributed by atoms with E-state index < -0.39 is 0 Å². The summed E-state index contributed by atoms with van der Waals surface area (Å²) in [6.45, 7) is 0. The fraction of sp³-hybridized carbons (Fsp3) is 0.294. The summed E-state index contributed by atoms with van der Waals surface area (Å²) >= 11 is 0. The van der Waals surface area contributed by atoms with Crippen molar-refractivity contribution in [2.45, 2.75) is 24.9 Å². The van der Waals surface area contributed by atoms with Crippen LogP contribution in [0.25, 0.3) is 0 Å². The number of likely N-dealkylation sites (N-methyl/N-ethyl adjacent to an activating group) is 1. The summed E-state index contributed by atoms with van der Waals surface area (Å²) in [4.78, 5) is 2.42. The molecule has 2 aromatic rings. The van der Waals surface area contributed by atoms with Crippen molar-refractivity contribution >= 4 is 0 Å². The summed E-state index contributed by atoms with van der Waals surface area (Å²) in [5.74, 6) is 0.689. The van der Waals surface area contributed by atoms with Crippen LogP contribution in [0.1, 0.15) is 34.3 Å². The Morgan fingerprint density at radius 1 is 0.850 bits per heavy atom. The van der Waals surface area contributed by atoms with Gasteiger partial charge in [0.25, 0.3) is 0 Å². The number of rotatable bonds is 0.